The number of ether oxygens (including phenoxy) is 1. The first-order valence-electron chi connectivity index (χ1n) is 9.39. The average Bonchev–Trinajstić information content (AvgIpc) is 2.46. The number of carboxylic acids is 1. The summed E-state index contributed by atoms with van der Waals surface area (Å²) in [5, 5.41) is 8.92. The number of carbonyl (C=O) groups excluding carboxylic acids is 1. The Balaban J connectivity index is 3.74. The van der Waals surface area contributed by atoms with E-state index in [0.717, 1.165) is 12.8 Å². The molecule has 1 atom stereocenters. The van der Waals surface area contributed by atoms with Crippen LogP contribution in [0.4, 0.5) is 0 Å². The Bertz CT molecular complexity index is 312. The number of aliphatic carboxylic acids is 1. The Kier molecular flexibility index (Phi) is 13.9. The van der Waals surface area contributed by atoms with Crippen molar-refractivity contribution in [3.63, 3.8) is 0 Å². The fourth-order valence-electron chi connectivity index (χ4n) is 2.72. The van der Waals surface area contributed by atoms with Gasteiger partial charge in [0.15, 0.2) is 0 Å². The van der Waals surface area contributed by atoms with Crippen LogP contribution in [0.5, 0.6) is 0 Å². The first-order chi connectivity index (χ1) is 11.0. The Hall–Kier alpha value is -1.06. The number of hydrogen-bond acceptors (Lipinski definition) is 3. The summed E-state index contributed by atoms with van der Waals surface area (Å²) in [7, 11) is 0. The molecule has 1 unspecified atom stereocenters. The van der Waals surface area contributed by atoms with Gasteiger partial charge in [0.1, 0.15) is 0 Å². The van der Waals surface area contributed by atoms with Crippen LogP contribution in [0.1, 0.15) is 97.8 Å². The lowest BCUT2D eigenvalue weighted by atomic mass is 9.97. The predicted molar refractivity (Wildman–Crippen MR) is 93.4 cm³/mol. The second-order valence-electron chi connectivity index (χ2n) is 6.75. The summed E-state index contributed by atoms with van der Waals surface area (Å²) < 4.78 is 5.15. The molecule has 0 aromatic carbocycles. The van der Waals surface area contributed by atoms with E-state index in [1.165, 1.54) is 51.4 Å². The van der Waals surface area contributed by atoms with Crippen molar-refractivity contribution in [1.82, 2.24) is 0 Å². The van der Waals surface area contributed by atoms with Gasteiger partial charge < -0.3 is 9.84 Å². The van der Waals surface area contributed by atoms with Gasteiger partial charge in [-0.2, -0.15) is 0 Å². The Morgan fingerprint density at radius 2 is 1.35 bits per heavy atom. The normalized spacial score (nSPS) is 12.3. The lowest BCUT2D eigenvalue weighted by molar-refractivity contribution is -0.156. The lowest BCUT2D eigenvalue weighted by Gasteiger charge is -2.16. The molecule has 0 bridgehead atoms. The third-order valence-electron chi connectivity index (χ3n) is 4.01. The van der Waals surface area contributed by atoms with Gasteiger partial charge >= 0.3 is 11.9 Å². The zero-order chi connectivity index (χ0) is 17.5. The summed E-state index contributed by atoms with van der Waals surface area (Å²) in [5.41, 5.74) is 0. The summed E-state index contributed by atoms with van der Waals surface area (Å²) in [6.07, 6.45) is 12.6. The molecule has 0 amide bonds. The quantitative estimate of drug-likeness (QED) is 0.325. The molecule has 4 nitrogen and oxygen atoms in total. The van der Waals surface area contributed by atoms with E-state index in [0.29, 0.717) is 6.42 Å². The molecule has 0 spiro atoms. The largest absolute Gasteiger partial charge is 0.481 e. The van der Waals surface area contributed by atoms with E-state index >= 15 is 0 Å². The number of esters is 1. The Morgan fingerprint density at radius 1 is 0.870 bits per heavy atom. The van der Waals surface area contributed by atoms with Gasteiger partial charge in [0.25, 0.3) is 0 Å². The van der Waals surface area contributed by atoms with Crippen LogP contribution in [-0.2, 0) is 14.3 Å². The fourth-order valence-corrected chi connectivity index (χ4v) is 2.72. The highest BCUT2D eigenvalue weighted by Gasteiger charge is 2.23. The first-order valence-corrected chi connectivity index (χ1v) is 9.39. The van der Waals surface area contributed by atoms with E-state index in [4.69, 9.17) is 9.84 Å². The Morgan fingerprint density at radius 3 is 1.78 bits per heavy atom. The van der Waals surface area contributed by atoms with Crippen molar-refractivity contribution >= 4 is 11.9 Å². The molecule has 0 rings (SSSR count). The van der Waals surface area contributed by atoms with Crippen molar-refractivity contribution < 1.29 is 19.4 Å². The molecular formula is C19H36O4. The number of carbonyl (C=O) groups is 2. The van der Waals surface area contributed by atoms with Gasteiger partial charge in [-0.25, -0.2) is 0 Å². The van der Waals surface area contributed by atoms with E-state index in [1.54, 1.807) is 13.8 Å². The summed E-state index contributed by atoms with van der Waals surface area (Å²) in [4.78, 5) is 22.8. The van der Waals surface area contributed by atoms with Crippen molar-refractivity contribution in [3.05, 3.63) is 0 Å². The molecule has 0 saturated carbocycles. The molecule has 23 heavy (non-hydrogen) atoms. The SMILES string of the molecule is CCCCCCCCCCCCC(CC(=O)O)C(=O)OC(C)C. The van der Waals surface area contributed by atoms with Crippen LogP contribution in [0, 0.1) is 5.92 Å². The van der Waals surface area contributed by atoms with Crippen LogP contribution in [-0.4, -0.2) is 23.1 Å². The van der Waals surface area contributed by atoms with Gasteiger partial charge in [-0.3, -0.25) is 9.59 Å². The van der Waals surface area contributed by atoms with E-state index in [2.05, 4.69) is 6.92 Å². The molecule has 0 saturated heterocycles. The average molecular weight is 328 g/mol. The fraction of sp³-hybridized carbons (Fsp3) is 0.895. The van der Waals surface area contributed by atoms with Gasteiger partial charge in [-0.05, 0) is 20.3 Å². The van der Waals surface area contributed by atoms with Crippen LogP contribution >= 0.6 is 0 Å². The van der Waals surface area contributed by atoms with Crippen molar-refractivity contribution in [2.45, 2.75) is 104 Å². The van der Waals surface area contributed by atoms with Crippen molar-refractivity contribution in [2.24, 2.45) is 5.92 Å². The van der Waals surface area contributed by atoms with Gasteiger partial charge in [0.2, 0.25) is 0 Å². The standard InChI is InChI=1S/C19H36O4/c1-4-5-6-7-8-9-10-11-12-13-14-17(15-18(20)21)19(22)23-16(2)3/h16-17H,4-15H2,1-3H3,(H,20,21). The molecule has 0 heterocycles. The first kappa shape index (κ1) is 21.9. The molecule has 0 radical (unpaired) electrons. The van der Waals surface area contributed by atoms with E-state index in [1.807, 2.05) is 0 Å². The molecule has 0 aliphatic heterocycles. The molecule has 0 aromatic rings. The maximum absolute atomic E-state index is 11.9. The smallest absolute Gasteiger partial charge is 0.309 e. The number of hydrogen-bond donors (Lipinski definition) is 1. The van der Waals surface area contributed by atoms with Crippen molar-refractivity contribution in [2.75, 3.05) is 0 Å². The van der Waals surface area contributed by atoms with Crippen molar-refractivity contribution in [1.29, 1.82) is 0 Å². The molecular weight excluding hydrogens is 292 g/mol. The molecule has 0 fully saturated rings. The molecule has 0 aliphatic rings. The van der Waals surface area contributed by atoms with E-state index in [-0.39, 0.29) is 18.5 Å². The molecule has 4 heteroatoms. The molecule has 0 aromatic heterocycles. The third-order valence-corrected chi connectivity index (χ3v) is 4.01. The van der Waals surface area contributed by atoms with Gasteiger partial charge in [-0.15, -0.1) is 0 Å². The number of unbranched alkanes of at least 4 members (excludes halogenated alkanes) is 9. The second kappa shape index (κ2) is 14.5. The number of carboxylic acid groups (broad SMARTS) is 1. The second-order valence-corrected chi connectivity index (χ2v) is 6.75. The highest BCUT2D eigenvalue weighted by molar-refractivity contribution is 5.79. The predicted octanol–water partition coefficient (Wildman–Crippen LogP) is 5.34. The van der Waals surface area contributed by atoms with Crippen LogP contribution in [0.2, 0.25) is 0 Å². The van der Waals surface area contributed by atoms with Crippen LogP contribution < -0.4 is 0 Å². The zero-order valence-electron chi connectivity index (χ0n) is 15.3. The highest BCUT2D eigenvalue weighted by atomic mass is 16.5. The highest BCUT2D eigenvalue weighted by Crippen LogP contribution is 2.18. The van der Waals surface area contributed by atoms with Crippen LogP contribution in [0.15, 0.2) is 0 Å². The zero-order valence-corrected chi connectivity index (χ0v) is 15.3. The van der Waals surface area contributed by atoms with Gasteiger partial charge in [0.05, 0.1) is 18.4 Å². The van der Waals surface area contributed by atoms with E-state index in [9.17, 15) is 9.59 Å². The molecule has 0 aliphatic carbocycles. The Labute approximate surface area is 142 Å². The minimum absolute atomic E-state index is 0.122. The van der Waals surface area contributed by atoms with Gasteiger partial charge in [-0.1, -0.05) is 71.1 Å². The maximum atomic E-state index is 11.9. The van der Waals surface area contributed by atoms with Crippen molar-refractivity contribution in [3.8, 4) is 0 Å². The molecule has 1 N–H and O–H groups in total. The number of rotatable bonds is 15. The lowest BCUT2D eigenvalue weighted by Crippen LogP contribution is -2.23. The topological polar surface area (TPSA) is 63.6 Å². The maximum Gasteiger partial charge on any atom is 0.309 e. The van der Waals surface area contributed by atoms with E-state index < -0.39 is 11.9 Å². The summed E-state index contributed by atoms with van der Waals surface area (Å²) >= 11 is 0. The minimum atomic E-state index is -0.928. The monoisotopic (exact) mass is 328 g/mol. The van der Waals surface area contributed by atoms with Crippen LogP contribution in [0.25, 0.3) is 0 Å². The summed E-state index contributed by atoms with van der Waals surface area (Å²) in [6.45, 7) is 5.81. The van der Waals surface area contributed by atoms with Gasteiger partial charge in [0, 0.05) is 0 Å². The van der Waals surface area contributed by atoms with Crippen LogP contribution in [0.3, 0.4) is 0 Å². The summed E-state index contributed by atoms with van der Waals surface area (Å²) in [5.74, 6) is -1.79. The third kappa shape index (κ3) is 14.3. The summed E-state index contributed by atoms with van der Waals surface area (Å²) in [6, 6.07) is 0. The minimum Gasteiger partial charge on any atom is -0.481 e. The molecule has 136 valence electrons.